The molecule has 1 aliphatic rings. The molecule has 3 rings (SSSR count). The van der Waals surface area contributed by atoms with Gasteiger partial charge in [0.25, 0.3) is 0 Å². The van der Waals surface area contributed by atoms with Gasteiger partial charge < -0.3 is 5.32 Å². The predicted molar refractivity (Wildman–Crippen MR) is 82.5 cm³/mol. The summed E-state index contributed by atoms with van der Waals surface area (Å²) < 4.78 is 1.14. The van der Waals surface area contributed by atoms with Crippen molar-refractivity contribution < 1.29 is 0 Å². The first-order chi connectivity index (χ1) is 8.74. The highest BCUT2D eigenvalue weighted by Crippen LogP contribution is 2.36. The largest absolute Gasteiger partial charge is 0.378 e. The molecule has 3 heteroatoms. The molecule has 1 aromatic heterocycles. The molecule has 1 heterocycles. The third kappa shape index (κ3) is 2.34. The van der Waals surface area contributed by atoms with E-state index in [4.69, 9.17) is 0 Å². The van der Waals surface area contributed by atoms with Crippen molar-refractivity contribution in [2.45, 2.75) is 32.2 Å². The summed E-state index contributed by atoms with van der Waals surface area (Å²) in [6.07, 6.45) is 3.78. The van der Waals surface area contributed by atoms with Gasteiger partial charge in [0.05, 0.1) is 6.04 Å². The predicted octanol–water partition coefficient (Wildman–Crippen LogP) is 5.31. The summed E-state index contributed by atoms with van der Waals surface area (Å²) in [6, 6.07) is 9.21. The highest BCUT2D eigenvalue weighted by Gasteiger charge is 2.21. The van der Waals surface area contributed by atoms with Crippen molar-refractivity contribution in [2.24, 2.45) is 0 Å². The van der Waals surface area contributed by atoms with Crippen molar-refractivity contribution >= 4 is 33.0 Å². The van der Waals surface area contributed by atoms with Crippen molar-refractivity contribution in [3.8, 4) is 0 Å². The van der Waals surface area contributed by atoms with Crippen LogP contribution in [-0.4, -0.2) is 0 Å². The minimum Gasteiger partial charge on any atom is -0.378 e. The van der Waals surface area contributed by atoms with Crippen LogP contribution in [0, 0.1) is 6.92 Å². The molecule has 0 bridgehead atoms. The number of anilines is 1. The van der Waals surface area contributed by atoms with Crippen LogP contribution >= 0.6 is 27.3 Å². The van der Waals surface area contributed by atoms with Crippen molar-refractivity contribution in [3.63, 3.8) is 0 Å². The SMILES string of the molecule is Cc1cc(Br)ccc1NC1CCCc2sccc21. The van der Waals surface area contributed by atoms with Crippen LogP contribution in [0.3, 0.4) is 0 Å². The fourth-order valence-corrected chi connectivity index (χ4v) is 4.08. The molecular weight excluding hydrogens is 306 g/mol. The highest BCUT2D eigenvalue weighted by atomic mass is 79.9. The number of nitrogens with one attached hydrogen (secondary N) is 1. The average Bonchev–Trinajstić information content (AvgIpc) is 2.82. The van der Waals surface area contributed by atoms with Crippen molar-refractivity contribution in [1.29, 1.82) is 0 Å². The Kier molecular flexibility index (Phi) is 3.44. The Morgan fingerprint density at radius 3 is 3.06 bits per heavy atom. The molecule has 1 atom stereocenters. The number of rotatable bonds is 2. The molecule has 0 saturated carbocycles. The van der Waals surface area contributed by atoms with Gasteiger partial charge in [0, 0.05) is 15.0 Å². The first-order valence-corrected chi connectivity index (χ1v) is 8.00. The Bertz CT molecular complexity index is 561. The summed E-state index contributed by atoms with van der Waals surface area (Å²) in [7, 11) is 0. The first kappa shape index (κ1) is 12.2. The quantitative estimate of drug-likeness (QED) is 0.790. The Hall–Kier alpha value is -0.800. The van der Waals surface area contributed by atoms with E-state index in [1.54, 1.807) is 4.88 Å². The zero-order chi connectivity index (χ0) is 12.5. The molecule has 18 heavy (non-hydrogen) atoms. The Morgan fingerprint density at radius 2 is 2.22 bits per heavy atom. The summed E-state index contributed by atoms with van der Waals surface area (Å²) >= 11 is 5.41. The van der Waals surface area contributed by atoms with E-state index in [-0.39, 0.29) is 0 Å². The average molecular weight is 322 g/mol. The van der Waals surface area contributed by atoms with E-state index < -0.39 is 0 Å². The number of aryl methyl sites for hydroxylation is 2. The highest BCUT2D eigenvalue weighted by molar-refractivity contribution is 9.10. The van der Waals surface area contributed by atoms with Gasteiger partial charge in [-0.1, -0.05) is 15.9 Å². The minimum absolute atomic E-state index is 0.486. The molecular formula is C15H16BrNS. The normalized spacial score (nSPS) is 18.4. The van der Waals surface area contributed by atoms with Gasteiger partial charge in [-0.2, -0.15) is 0 Å². The van der Waals surface area contributed by atoms with Crippen LogP contribution in [-0.2, 0) is 6.42 Å². The van der Waals surface area contributed by atoms with Crippen LogP contribution in [0.25, 0.3) is 0 Å². The number of thiophene rings is 1. The number of fused-ring (bicyclic) bond motifs is 1. The maximum Gasteiger partial charge on any atom is 0.0525 e. The lowest BCUT2D eigenvalue weighted by Gasteiger charge is -2.25. The molecule has 0 radical (unpaired) electrons. The van der Waals surface area contributed by atoms with Gasteiger partial charge >= 0.3 is 0 Å². The molecule has 94 valence electrons. The van der Waals surface area contributed by atoms with E-state index in [0.717, 1.165) is 4.47 Å². The maximum absolute atomic E-state index is 3.70. The molecule has 1 aromatic carbocycles. The summed E-state index contributed by atoms with van der Waals surface area (Å²) in [5.41, 5.74) is 4.06. The zero-order valence-corrected chi connectivity index (χ0v) is 12.8. The van der Waals surface area contributed by atoms with Gasteiger partial charge in [0.15, 0.2) is 0 Å². The summed E-state index contributed by atoms with van der Waals surface area (Å²) in [4.78, 5) is 1.56. The standard InChI is InChI=1S/C15H16BrNS/c1-10-9-11(16)5-6-13(10)17-14-3-2-4-15-12(14)7-8-18-15/h5-9,14,17H,2-4H2,1H3. The van der Waals surface area contributed by atoms with Gasteiger partial charge in [-0.05, 0) is 67.0 Å². The third-order valence-corrected chi connectivity index (χ3v) is 5.06. The van der Waals surface area contributed by atoms with Crippen molar-refractivity contribution in [3.05, 3.63) is 50.1 Å². The minimum atomic E-state index is 0.486. The van der Waals surface area contributed by atoms with E-state index in [0.29, 0.717) is 6.04 Å². The molecule has 0 amide bonds. The fourth-order valence-electron chi connectivity index (χ4n) is 2.61. The van der Waals surface area contributed by atoms with Crippen LogP contribution in [0.2, 0.25) is 0 Å². The molecule has 0 spiro atoms. The van der Waals surface area contributed by atoms with E-state index in [9.17, 15) is 0 Å². The second kappa shape index (κ2) is 5.06. The van der Waals surface area contributed by atoms with E-state index in [2.05, 4.69) is 57.8 Å². The van der Waals surface area contributed by atoms with Crippen LogP contribution in [0.5, 0.6) is 0 Å². The van der Waals surface area contributed by atoms with Gasteiger partial charge in [0.2, 0.25) is 0 Å². The van der Waals surface area contributed by atoms with Crippen LogP contribution < -0.4 is 5.32 Å². The second-order valence-corrected chi connectivity index (χ2v) is 6.76. The molecule has 0 saturated heterocycles. The van der Waals surface area contributed by atoms with Crippen molar-refractivity contribution in [2.75, 3.05) is 5.32 Å². The Balaban J connectivity index is 1.86. The first-order valence-electron chi connectivity index (χ1n) is 6.33. The van der Waals surface area contributed by atoms with Crippen molar-refractivity contribution in [1.82, 2.24) is 0 Å². The molecule has 1 nitrogen and oxygen atoms in total. The van der Waals surface area contributed by atoms with E-state index in [1.165, 1.54) is 36.1 Å². The van der Waals surface area contributed by atoms with Crippen LogP contribution in [0.4, 0.5) is 5.69 Å². The van der Waals surface area contributed by atoms with Gasteiger partial charge in [-0.25, -0.2) is 0 Å². The maximum atomic E-state index is 3.70. The third-order valence-electron chi connectivity index (χ3n) is 3.57. The Morgan fingerprint density at radius 1 is 1.33 bits per heavy atom. The summed E-state index contributed by atoms with van der Waals surface area (Å²) in [5.74, 6) is 0. The van der Waals surface area contributed by atoms with Crippen LogP contribution in [0.15, 0.2) is 34.1 Å². The number of hydrogen-bond acceptors (Lipinski definition) is 2. The molecule has 1 unspecified atom stereocenters. The van der Waals surface area contributed by atoms with Crippen LogP contribution in [0.1, 0.15) is 34.9 Å². The monoisotopic (exact) mass is 321 g/mol. The second-order valence-electron chi connectivity index (χ2n) is 4.85. The molecule has 0 fully saturated rings. The lowest BCUT2D eigenvalue weighted by molar-refractivity contribution is 0.608. The smallest absolute Gasteiger partial charge is 0.0525 e. The summed E-state index contributed by atoms with van der Waals surface area (Å²) in [5, 5.41) is 5.93. The number of benzene rings is 1. The zero-order valence-electron chi connectivity index (χ0n) is 10.4. The lowest BCUT2D eigenvalue weighted by atomic mass is 9.93. The molecule has 0 aliphatic heterocycles. The topological polar surface area (TPSA) is 12.0 Å². The number of halogens is 1. The van der Waals surface area contributed by atoms with Gasteiger partial charge in [-0.3, -0.25) is 0 Å². The molecule has 1 N–H and O–H groups in total. The Labute approximate surface area is 120 Å². The van der Waals surface area contributed by atoms with Gasteiger partial charge in [-0.15, -0.1) is 11.3 Å². The van der Waals surface area contributed by atoms with Gasteiger partial charge in [0.1, 0.15) is 0 Å². The summed E-state index contributed by atoms with van der Waals surface area (Å²) in [6.45, 7) is 2.16. The van der Waals surface area contributed by atoms with E-state index in [1.807, 2.05) is 11.3 Å². The van der Waals surface area contributed by atoms with E-state index >= 15 is 0 Å². The lowest BCUT2D eigenvalue weighted by Crippen LogP contribution is -2.16. The molecule has 1 aliphatic carbocycles. The fraction of sp³-hybridized carbons (Fsp3) is 0.333. The number of hydrogen-bond donors (Lipinski definition) is 1. The molecule has 2 aromatic rings.